The Morgan fingerprint density at radius 3 is 2.57 bits per heavy atom. The molecule has 1 unspecified atom stereocenters. The van der Waals surface area contributed by atoms with Crippen molar-refractivity contribution in [2.75, 3.05) is 0 Å². The summed E-state index contributed by atoms with van der Waals surface area (Å²) in [5.41, 5.74) is 5.22. The van der Waals surface area contributed by atoms with Gasteiger partial charge in [-0.1, -0.05) is 19.1 Å². The van der Waals surface area contributed by atoms with Gasteiger partial charge in [0.1, 0.15) is 6.33 Å². The lowest BCUT2D eigenvalue weighted by molar-refractivity contribution is 0.0993. The van der Waals surface area contributed by atoms with Gasteiger partial charge >= 0.3 is 0 Å². The number of ketones is 1. The molecule has 1 atom stereocenters. The molecule has 0 N–H and O–H groups in total. The zero-order valence-electron chi connectivity index (χ0n) is 15.8. The van der Waals surface area contributed by atoms with Gasteiger partial charge in [-0.15, -0.1) is 0 Å². The normalized spacial score (nSPS) is 12.1. The molecule has 0 spiro atoms. The van der Waals surface area contributed by atoms with Crippen molar-refractivity contribution < 1.29 is 4.79 Å². The van der Waals surface area contributed by atoms with Crippen LogP contribution >= 0.6 is 0 Å². The Morgan fingerprint density at radius 1 is 1.00 bits per heavy atom. The SMILES string of the molecule is Cc1ccc(CC(=O)c2cc(C(C)c3cncnc3)cc3cccnc23)nc1. The predicted octanol–water partition coefficient (Wildman–Crippen LogP) is 4.31. The zero-order valence-corrected chi connectivity index (χ0v) is 15.8. The number of hydrogen-bond acceptors (Lipinski definition) is 5. The van der Waals surface area contributed by atoms with Crippen molar-refractivity contribution in [1.82, 2.24) is 19.9 Å². The third kappa shape index (κ3) is 3.64. The fourth-order valence-electron chi connectivity index (χ4n) is 3.27. The van der Waals surface area contributed by atoms with Crippen LogP contribution in [0.4, 0.5) is 0 Å². The van der Waals surface area contributed by atoms with Crippen molar-refractivity contribution >= 4 is 16.7 Å². The summed E-state index contributed by atoms with van der Waals surface area (Å²) < 4.78 is 0. The van der Waals surface area contributed by atoms with Gasteiger partial charge in [-0.05, 0) is 47.9 Å². The summed E-state index contributed by atoms with van der Waals surface area (Å²) in [6, 6.07) is 11.8. The van der Waals surface area contributed by atoms with Crippen LogP contribution in [-0.2, 0) is 6.42 Å². The Morgan fingerprint density at radius 2 is 1.82 bits per heavy atom. The van der Waals surface area contributed by atoms with E-state index in [0.717, 1.165) is 33.3 Å². The number of Topliss-reactive ketones (excluding diaryl/α,β-unsaturated/α-hetero) is 1. The fourth-order valence-corrected chi connectivity index (χ4v) is 3.27. The van der Waals surface area contributed by atoms with Crippen molar-refractivity contribution in [3.8, 4) is 0 Å². The first kappa shape index (κ1) is 17.9. The average Bonchev–Trinajstić information content (AvgIpc) is 2.74. The summed E-state index contributed by atoms with van der Waals surface area (Å²) in [4.78, 5) is 30.2. The molecule has 5 nitrogen and oxygen atoms in total. The fraction of sp³-hybridized carbons (Fsp3) is 0.174. The van der Waals surface area contributed by atoms with Crippen LogP contribution in [0.15, 0.2) is 67.5 Å². The molecular weight excluding hydrogens is 348 g/mol. The van der Waals surface area contributed by atoms with Crippen molar-refractivity contribution in [3.05, 3.63) is 95.5 Å². The molecule has 0 saturated carbocycles. The van der Waals surface area contributed by atoms with E-state index in [0.29, 0.717) is 5.56 Å². The van der Waals surface area contributed by atoms with E-state index in [9.17, 15) is 4.79 Å². The van der Waals surface area contributed by atoms with Gasteiger partial charge in [-0.3, -0.25) is 14.8 Å². The van der Waals surface area contributed by atoms with Crippen LogP contribution in [0.1, 0.15) is 45.6 Å². The van der Waals surface area contributed by atoms with E-state index in [1.54, 1.807) is 12.4 Å². The van der Waals surface area contributed by atoms with Gasteiger partial charge in [-0.2, -0.15) is 0 Å². The molecule has 0 aliphatic carbocycles. The lowest BCUT2D eigenvalue weighted by Gasteiger charge is -2.15. The third-order valence-electron chi connectivity index (χ3n) is 4.92. The molecule has 0 radical (unpaired) electrons. The molecule has 4 aromatic rings. The quantitative estimate of drug-likeness (QED) is 0.491. The number of aryl methyl sites for hydroxylation is 1. The minimum atomic E-state index is 0.0124. The first-order chi connectivity index (χ1) is 13.6. The number of hydrogen-bond donors (Lipinski definition) is 0. The Kier molecular flexibility index (Phi) is 4.89. The molecule has 4 rings (SSSR count). The second kappa shape index (κ2) is 7.64. The van der Waals surface area contributed by atoms with Gasteiger partial charge in [0.25, 0.3) is 0 Å². The second-order valence-corrected chi connectivity index (χ2v) is 6.96. The largest absolute Gasteiger partial charge is 0.294 e. The summed E-state index contributed by atoms with van der Waals surface area (Å²) in [5, 5.41) is 0.948. The molecule has 3 aromatic heterocycles. The smallest absolute Gasteiger partial charge is 0.171 e. The molecular formula is C23H20N4O. The van der Waals surface area contributed by atoms with E-state index >= 15 is 0 Å². The molecule has 1 aromatic carbocycles. The predicted molar refractivity (Wildman–Crippen MR) is 108 cm³/mol. The van der Waals surface area contributed by atoms with Crippen molar-refractivity contribution in [2.45, 2.75) is 26.2 Å². The van der Waals surface area contributed by atoms with Crippen LogP contribution in [0.2, 0.25) is 0 Å². The van der Waals surface area contributed by atoms with E-state index in [2.05, 4.69) is 32.9 Å². The Balaban J connectivity index is 1.76. The van der Waals surface area contributed by atoms with Gasteiger partial charge < -0.3 is 0 Å². The standard InChI is InChI=1S/C23H20N4O/c1-15-5-6-20(27-11-15)10-22(28)21-9-18(8-17-4-3-7-26-23(17)21)16(2)19-12-24-14-25-13-19/h3-9,11-14,16H,10H2,1-2H3. The van der Waals surface area contributed by atoms with Gasteiger partial charge in [0.2, 0.25) is 0 Å². The second-order valence-electron chi connectivity index (χ2n) is 6.96. The number of benzene rings is 1. The summed E-state index contributed by atoms with van der Waals surface area (Å²) in [5.74, 6) is 0.0771. The van der Waals surface area contributed by atoms with Crippen molar-refractivity contribution in [1.29, 1.82) is 0 Å². The summed E-state index contributed by atoms with van der Waals surface area (Å²) in [7, 11) is 0. The Hall–Kier alpha value is -3.47. The first-order valence-electron chi connectivity index (χ1n) is 9.20. The van der Waals surface area contributed by atoms with E-state index in [4.69, 9.17) is 0 Å². The first-order valence-corrected chi connectivity index (χ1v) is 9.20. The highest BCUT2D eigenvalue weighted by molar-refractivity contribution is 6.07. The molecule has 138 valence electrons. The molecule has 0 bridgehead atoms. The number of rotatable bonds is 5. The molecule has 0 aliphatic heterocycles. The summed E-state index contributed by atoms with van der Waals surface area (Å²) >= 11 is 0. The Bertz CT molecular complexity index is 1120. The van der Waals surface area contributed by atoms with Gasteiger partial charge in [0.15, 0.2) is 5.78 Å². The van der Waals surface area contributed by atoms with Crippen LogP contribution in [0.3, 0.4) is 0 Å². The van der Waals surface area contributed by atoms with Gasteiger partial charge in [-0.25, -0.2) is 9.97 Å². The lowest BCUT2D eigenvalue weighted by atomic mass is 9.90. The monoisotopic (exact) mass is 368 g/mol. The molecule has 0 saturated heterocycles. The number of fused-ring (bicyclic) bond motifs is 1. The molecule has 5 heteroatoms. The van der Waals surface area contributed by atoms with Crippen LogP contribution in [0.5, 0.6) is 0 Å². The Labute approximate surface area is 163 Å². The highest BCUT2D eigenvalue weighted by atomic mass is 16.1. The summed E-state index contributed by atoms with van der Waals surface area (Å²) in [6.07, 6.45) is 8.89. The number of carbonyl (C=O) groups excluding carboxylic acids is 1. The van der Waals surface area contributed by atoms with Crippen LogP contribution in [0.25, 0.3) is 10.9 Å². The minimum Gasteiger partial charge on any atom is -0.294 e. The van der Waals surface area contributed by atoms with E-state index in [1.165, 1.54) is 6.33 Å². The minimum absolute atomic E-state index is 0.0124. The maximum absolute atomic E-state index is 13.1. The van der Waals surface area contributed by atoms with Crippen molar-refractivity contribution in [2.24, 2.45) is 0 Å². The van der Waals surface area contributed by atoms with E-state index in [1.807, 2.05) is 49.6 Å². The number of aromatic nitrogens is 4. The number of pyridine rings is 2. The zero-order chi connectivity index (χ0) is 19.5. The van der Waals surface area contributed by atoms with Gasteiger partial charge in [0.05, 0.1) is 11.9 Å². The molecule has 3 heterocycles. The van der Waals surface area contributed by atoms with Crippen LogP contribution in [-0.4, -0.2) is 25.7 Å². The molecule has 0 aliphatic rings. The third-order valence-corrected chi connectivity index (χ3v) is 4.92. The van der Waals surface area contributed by atoms with Crippen LogP contribution in [0, 0.1) is 6.92 Å². The summed E-state index contributed by atoms with van der Waals surface area (Å²) in [6.45, 7) is 4.07. The van der Waals surface area contributed by atoms with E-state index in [-0.39, 0.29) is 18.1 Å². The topological polar surface area (TPSA) is 68.6 Å². The van der Waals surface area contributed by atoms with Gasteiger partial charge in [0, 0.05) is 47.3 Å². The molecule has 28 heavy (non-hydrogen) atoms. The van der Waals surface area contributed by atoms with E-state index < -0.39 is 0 Å². The maximum Gasteiger partial charge on any atom is 0.171 e. The highest BCUT2D eigenvalue weighted by Crippen LogP contribution is 2.29. The molecule has 0 amide bonds. The maximum atomic E-state index is 13.1. The lowest BCUT2D eigenvalue weighted by Crippen LogP contribution is -2.08. The highest BCUT2D eigenvalue weighted by Gasteiger charge is 2.17. The van der Waals surface area contributed by atoms with Crippen LogP contribution < -0.4 is 0 Å². The van der Waals surface area contributed by atoms with Crippen molar-refractivity contribution in [3.63, 3.8) is 0 Å². The molecule has 0 fully saturated rings. The average molecular weight is 368 g/mol. The number of carbonyl (C=O) groups is 1. The number of nitrogens with zero attached hydrogens (tertiary/aromatic N) is 4.